The van der Waals surface area contributed by atoms with Crippen molar-refractivity contribution in [1.82, 2.24) is 5.54 Å². The lowest BCUT2D eigenvalue weighted by Crippen LogP contribution is -2.28. The zero-order valence-electron chi connectivity index (χ0n) is 4.67. The van der Waals surface area contributed by atoms with Gasteiger partial charge in [0, 0.05) is 0 Å². The van der Waals surface area contributed by atoms with Gasteiger partial charge in [-0.3, -0.25) is 4.79 Å². The van der Waals surface area contributed by atoms with E-state index in [1.54, 1.807) is 12.2 Å². The van der Waals surface area contributed by atoms with Crippen LogP contribution in [0, 0.1) is 0 Å². The average Bonchev–Trinajstić information content (AvgIpc) is 1.89. The molecular weight excluding hydrogens is 121 g/mol. The smallest absolute Gasteiger partial charge is 0.179 e. The van der Waals surface area contributed by atoms with Crippen LogP contribution in [0.5, 0.6) is 0 Å². The Morgan fingerprint density at radius 1 is 1.56 bits per heavy atom. The standard InChI is InChI=1S/C6H6FNO/c7-8-5-3-1-2-4-6(5)9/h1-5,8H. The van der Waals surface area contributed by atoms with Crippen molar-refractivity contribution >= 4 is 5.78 Å². The number of nitrogens with one attached hydrogen (secondary N) is 1. The van der Waals surface area contributed by atoms with E-state index in [0.717, 1.165) is 0 Å². The van der Waals surface area contributed by atoms with Crippen LogP contribution in [0.15, 0.2) is 24.3 Å². The van der Waals surface area contributed by atoms with Crippen LogP contribution < -0.4 is 5.54 Å². The molecule has 0 aromatic heterocycles. The number of rotatable bonds is 1. The SMILES string of the molecule is O=C1C=CC=CC1NF. The Morgan fingerprint density at radius 2 is 2.33 bits per heavy atom. The first-order valence-corrected chi connectivity index (χ1v) is 2.59. The van der Waals surface area contributed by atoms with Crippen molar-refractivity contribution in [1.29, 1.82) is 0 Å². The summed E-state index contributed by atoms with van der Waals surface area (Å²) >= 11 is 0. The van der Waals surface area contributed by atoms with E-state index in [9.17, 15) is 9.28 Å². The molecule has 0 radical (unpaired) electrons. The van der Waals surface area contributed by atoms with E-state index in [4.69, 9.17) is 0 Å². The molecule has 1 N–H and O–H groups in total. The normalized spacial score (nSPS) is 25.0. The van der Waals surface area contributed by atoms with Crippen molar-refractivity contribution in [2.24, 2.45) is 0 Å². The highest BCUT2D eigenvalue weighted by atomic mass is 19.2. The van der Waals surface area contributed by atoms with Crippen LogP contribution in [0.4, 0.5) is 4.48 Å². The van der Waals surface area contributed by atoms with Crippen LogP contribution in [0.2, 0.25) is 0 Å². The van der Waals surface area contributed by atoms with Gasteiger partial charge in [-0.15, -0.1) is 10.0 Å². The maximum atomic E-state index is 11.6. The van der Waals surface area contributed by atoms with Gasteiger partial charge < -0.3 is 0 Å². The molecule has 0 aromatic carbocycles. The van der Waals surface area contributed by atoms with E-state index >= 15 is 0 Å². The number of halogens is 1. The summed E-state index contributed by atoms with van der Waals surface area (Å²) < 4.78 is 11.6. The minimum atomic E-state index is -0.769. The highest BCUT2D eigenvalue weighted by Crippen LogP contribution is 1.97. The highest BCUT2D eigenvalue weighted by molar-refractivity contribution is 5.96. The fourth-order valence-corrected chi connectivity index (χ4v) is 0.614. The van der Waals surface area contributed by atoms with Crippen molar-refractivity contribution in [3.8, 4) is 0 Å². The number of hydrogen-bond acceptors (Lipinski definition) is 2. The first-order valence-electron chi connectivity index (χ1n) is 2.59. The lowest BCUT2D eigenvalue weighted by atomic mass is 10.1. The Bertz CT molecular complexity index is 174. The van der Waals surface area contributed by atoms with Crippen LogP contribution in [0.3, 0.4) is 0 Å². The molecule has 0 aliphatic heterocycles. The van der Waals surface area contributed by atoms with Gasteiger partial charge in [0.05, 0.1) is 0 Å². The fraction of sp³-hybridized carbons (Fsp3) is 0.167. The third-order valence-corrected chi connectivity index (χ3v) is 1.10. The maximum absolute atomic E-state index is 11.6. The van der Waals surface area contributed by atoms with Crippen LogP contribution in [-0.2, 0) is 4.79 Å². The lowest BCUT2D eigenvalue weighted by molar-refractivity contribution is -0.116. The molecule has 1 aliphatic carbocycles. The monoisotopic (exact) mass is 127 g/mol. The van der Waals surface area contributed by atoms with Gasteiger partial charge in [-0.2, -0.15) is 0 Å². The minimum Gasteiger partial charge on any atom is -0.293 e. The van der Waals surface area contributed by atoms with Gasteiger partial charge in [-0.1, -0.05) is 18.2 Å². The third kappa shape index (κ3) is 1.23. The quantitative estimate of drug-likeness (QED) is 0.520. The molecule has 0 amide bonds. The second kappa shape index (κ2) is 2.55. The molecule has 0 heterocycles. The second-order valence-corrected chi connectivity index (χ2v) is 1.73. The molecule has 0 bridgehead atoms. The Kier molecular flexibility index (Phi) is 1.75. The van der Waals surface area contributed by atoms with Gasteiger partial charge in [0.25, 0.3) is 0 Å². The molecule has 9 heavy (non-hydrogen) atoms. The minimum absolute atomic E-state index is 0.250. The van der Waals surface area contributed by atoms with Gasteiger partial charge in [0.15, 0.2) is 5.78 Å². The molecule has 0 saturated carbocycles. The zero-order valence-corrected chi connectivity index (χ0v) is 4.67. The van der Waals surface area contributed by atoms with Crippen LogP contribution in [0.1, 0.15) is 0 Å². The van der Waals surface area contributed by atoms with E-state index in [-0.39, 0.29) is 5.78 Å². The molecule has 1 unspecified atom stereocenters. The summed E-state index contributed by atoms with van der Waals surface area (Å²) in [6.45, 7) is 0. The first kappa shape index (κ1) is 6.16. The molecule has 1 atom stereocenters. The first-order chi connectivity index (χ1) is 4.34. The van der Waals surface area contributed by atoms with Crippen molar-refractivity contribution in [2.75, 3.05) is 0 Å². The van der Waals surface area contributed by atoms with E-state index < -0.39 is 6.04 Å². The van der Waals surface area contributed by atoms with Gasteiger partial charge in [0.1, 0.15) is 6.04 Å². The second-order valence-electron chi connectivity index (χ2n) is 1.73. The zero-order chi connectivity index (χ0) is 6.69. The Hall–Kier alpha value is -0.960. The fourth-order valence-electron chi connectivity index (χ4n) is 0.614. The molecule has 0 fully saturated rings. The highest BCUT2D eigenvalue weighted by Gasteiger charge is 2.12. The third-order valence-electron chi connectivity index (χ3n) is 1.10. The Morgan fingerprint density at radius 3 is 2.78 bits per heavy atom. The Balaban J connectivity index is 2.66. The molecule has 0 aromatic rings. The van der Waals surface area contributed by atoms with Crippen molar-refractivity contribution in [3.63, 3.8) is 0 Å². The predicted molar refractivity (Wildman–Crippen MR) is 31.3 cm³/mol. The van der Waals surface area contributed by atoms with Crippen molar-refractivity contribution < 1.29 is 9.28 Å². The van der Waals surface area contributed by atoms with E-state index in [0.29, 0.717) is 0 Å². The number of ketones is 1. The summed E-state index contributed by atoms with van der Waals surface area (Å²) in [7, 11) is 0. The largest absolute Gasteiger partial charge is 0.293 e. The number of carbonyl (C=O) groups excluding carboxylic acids is 1. The van der Waals surface area contributed by atoms with E-state index in [2.05, 4.69) is 0 Å². The van der Waals surface area contributed by atoms with E-state index in [1.165, 1.54) is 17.7 Å². The molecule has 0 spiro atoms. The molecule has 1 rings (SSSR count). The topological polar surface area (TPSA) is 29.1 Å². The van der Waals surface area contributed by atoms with E-state index in [1.807, 2.05) is 0 Å². The average molecular weight is 127 g/mol. The maximum Gasteiger partial charge on any atom is 0.179 e. The van der Waals surface area contributed by atoms with Crippen molar-refractivity contribution in [2.45, 2.75) is 6.04 Å². The molecule has 48 valence electrons. The van der Waals surface area contributed by atoms with Gasteiger partial charge in [0.2, 0.25) is 0 Å². The summed E-state index contributed by atoms with van der Waals surface area (Å²) in [5.74, 6) is -0.250. The summed E-state index contributed by atoms with van der Waals surface area (Å²) in [4.78, 5) is 10.6. The number of allylic oxidation sites excluding steroid dienone is 2. The van der Waals surface area contributed by atoms with Crippen LogP contribution in [0.25, 0.3) is 0 Å². The predicted octanol–water partition coefficient (Wildman–Crippen LogP) is 0.524. The summed E-state index contributed by atoms with van der Waals surface area (Å²) in [5, 5.41) is 0. The summed E-state index contributed by atoms with van der Waals surface area (Å²) in [6, 6.07) is -0.769. The molecule has 2 nitrogen and oxygen atoms in total. The molecular formula is C6H6FNO. The molecule has 3 heteroatoms. The summed E-state index contributed by atoms with van der Waals surface area (Å²) in [5.41, 5.74) is 1.37. The van der Waals surface area contributed by atoms with Crippen molar-refractivity contribution in [3.05, 3.63) is 24.3 Å². The van der Waals surface area contributed by atoms with Gasteiger partial charge in [-0.25, -0.2) is 0 Å². The van der Waals surface area contributed by atoms with Gasteiger partial charge >= 0.3 is 0 Å². The van der Waals surface area contributed by atoms with Gasteiger partial charge in [-0.05, 0) is 6.08 Å². The molecule has 0 saturated heterocycles. The van der Waals surface area contributed by atoms with Crippen LogP contribution in [-0.4, -0.2) is 11.8 Å². The lowest BCUT2D eigenvalue weighted by Gasteiger charge is -2.05. The molecule has 1 aliphatic rings. The van der Waals surface area contributed by atoms with Crippen LogP contribution >= 0.6 is 0 Å². The Labute approximate surface area is 52.0 Å². The number of carbonyl (C=O) groups is 1. The number of hydrogen-bond donors (Lipinski definition) is 1. The summed E-state index contributed by atoms with van der Waals surface area (Å²) in [6.07, 6.45) is 5.99.